The molecule has 1 aliphatic heterocycles. The molecule has 0 aliphatic carbocycles. The number of rotatable bonds is 5. The summed E-state index contributed by atoms with van der Waals surface area (Å²) in [5.74, 6) is 1.77. The van der Waals surface area contributed by atoms with Crippen LogP contribution in [0, 0.1) is 0 Å². The maximum atomic E-state index is 6.71. The number of nitrogens with zero attached hydrogens (tertiary/aromatic N) is 1. The third kappa shape index (κ3) is 4.62. The Morgan fingerprint density at radius 1 is 0.388 bits per heavy atom. The standard InChI is InChI=1S/C46H29NOS/c1-3-11-30(12-4-1)32-15-9-16-34(27-32)47(35-22-24-38-37-17-7-8-20-44(37)49-45(38)29-35)41-25-26-42-46-39(18-10-19-40(41)46)36-23-21-33(28-43(36)48-42)31-13-5-2-6-14-31/h1-29H. The lowest BCUT2D eigenvalue weighted by atomic mass is 9.92. The summed E-state index contributed by atoms with van der Waals surface area (Å²) in [5.41, 5.74) is 10.3. The van der Waals surface area contributed by atoms with Gasteiger partial charge in [-0.3, -0.25) is 0 Å². The number of hydrogen-bond acceptors (Lipinski definition) is 3. The van der Waals surface area contributed by atoms with Crippen molar-refractivity contribution < 1.29 is 4.74 Å². The van der Waals surface area contributed by atoms with Crippen molar-refractivity contribution in [2.24, 2.45) is 0 Å². The van der Waals surface area contributed by atoms with E-state index in [4.69, 9.17) is 4.74 Å². The summed E-state index contributed by atoms with van der Waals surface area (Å²) in [6.45, 7) is 0. The van der Waals surface area contributed by atoms with E-state index in [1.54, 1.807) is 0 Å². The highest BCUT2D eigenvalue weighted by atomic mass is 32.1. The molecule has 9 aromatic rings. The number of hydrogen-bond donors (Lipinski definition) is 0. The van der Waals surface area contributed by atoms with Gasteiger partial charge in [0.1, 0.15) is 11.5 Å². The van der Waals surface area contributed by atoms with Crippen LogP contribution in [0.3, 0.4) is 0 Å². The minimum absolute atomic E-state index is 0.880. The summed E-state index contributed by atoms with van der Waals surface area (Å²) in [4.78, 5) is 2.41. The van der Waals surface area contributed by atoms with Crippen molar-refractivity contribution in [3.63, 3.8) is 0 Å². The molecule has 0 N–H and O–H groups in total. The van der Waals surface area contributed by atoms with E-state index in [1.165, 1.54) is 42.4 Å². The van der Waals surface area contributed by atoms with Gasteiger partial charge in [0.2, 0.25) is 0 Å². The van der Waals surface area contributed by atoms with Gasteiger partial charge >= 0.3 is 0 Å². The van der Waals surface area contributed by atoms with Crippen LogP contribution >= 0.6 is 11.3 Å². The number of anilines is 3. The highest BCUT2D eigenvalue weighted by molar-refractivity contribution is 7.25. The van der Waals surface area contributed by atoms with Gasteiger partial charge in [-0.05, 0) is 82.4 Å². The molecule has 0 atom stereocenters. The molecule has 0 radical (unpaired) electrons. The van der Waals surface area contributed by atoms with E-state index in [0.717, 1.165) is 50.5 Å². The maximum Gasteiger partial charge on any atom is 0.136 e. The van der Waals surface area contributed by atoms with Gasteiger partial charge in [0.15, 0.2) is 0 Å². The zero-order valence-corrected chi connectivity index (χ0v) is 27.3. The minimum Gasteiger partial charge on any atom is -0.456 e. The first-order chi connectivity index (χ1) is 24.3. The lowest BCUT2D eigenvalue weighted by molar-refractivity contribution is 0.487. The molecule has 2 heterocycles. The second-order valence-electron chi connectivity index (χ2n) is 12.5. The Morgan fingerprint density at radius 2 is 1.06 bits per heavy atom. The summed E-state index contributed by atoms with van der Waals surface area (Å²) in [6.07, 6.45) is 0. The van der Waals surface area contributed by atoms with Gasteiger partial charge in [-0.2, -0.15) is 0 Å². The molecule has 0 saturated carbocycles. The van der Waals surface area contributed by atoms with Crippen molar-refractivity contribution in [2.75, 3.05) is 4.90 Å². The number of thiophene rings is 1. The third-order valence-electron chi connectivity index (χ3n) is 9.65. The number of benzene rings is 8. The van der Waals surface area contributed by atoms with E-state index in [2.05, 4.69) is 181 Å². The van der Waals surface area contributed by atoms with E-state index in [-0.39, 0.29) is 0 Å². The van der Waals surface area contributed by atoms with E-state index in [0.29, 0.717) is 0 Å². The Hall–Kier alpha value is -6.16. The Bertz CT molecular complexity index is 2690. The average Bonchev–Trinajstić information content (AvgIpc) is 3.54. The second kappa shape index (κ2) is 11.2. The van der Waals surface area contributed by atoms with Crippen molar-refractivity contribution in [1.82, 2.24) is 0 Å². The van der Waals surface area contributed by atoms with Crippen molar-refractivity contribution in [3.8, 4) is 44.9 Å². The molecule has 3 heteroatoms. The molecule has 8 aromatic carbocycles. The summed E-state index contributed by atoms with van der Waals surface area (Å²) in [7, 11) is 0. The van der Waals surface area contributed by atoms with Crippen molar-refractivity contribution in [2.45, 2.75) is 0 Å². The minimum atomic E-state index is 0.880. The lowest BCUT2D eigenvalue weighted by Gasteiger charge is -2.29. The lowest BCUT2D eigenvalue weighted by Crippen LogP contribution is -2.11. The van der Waals surface area contributed by atoms with Crippen LogP contribution in [0.15, 0.2) is 176 Å². The normalized spacial score (nSPS) is 11.8. The molecule has 49 heavy (non-hydrogen) atoms. The number of ether oxygens (including phenoxy) is 1. The molecule has 0 amide bonds. The van der Waals surface area contributed by atoms with Crippen LogP contribution in [0.5, 0.6) is 11.5 Å². The quantitative estimate of drug-likeness (QED) is 0.185. The van der Waals surface area contributed by atoms with Crippen molar-refractivity contribution in [1.29, 1.82) is 0 Å². The smallest absolute Gasteiger partial charge is 0.136 e. The molecule has 2 nitrogen and oxygen atoms in total. The van der Waals surface area contributed by atoms with Gasteiger partial charge < -0.3 is 9.64 Å². The first-order valence-corrected chi connectivity index (χ1v) is 17.4. The fraction of sp³-hybridized carbons (Fsp3) is 0. The van der Waals surface area contributed by atoms with E-state index in [9.17, 15) is 0 Å². The van der Waals surface area contributed by atoms with E-state index >= 15 is 0 Å². The average molecular weight is 644 g/mol. The first-order valence-electron chi connectivity index (χ1n) is 16.6. The Balaban J connectivity index is 1.18. The molecule has 0 bridgehead atoms. The SMILES string of the molecule is c1ccc(-c2cccc(N(c3ccc4c(c3)sc3ccccc34)c3ccc4c5c(cccc35)-c3ccc(-c5ccccc5)cc3O4)c2)cc1. The first kappa shape index (κ1) is 27.9. The molecule has 0 saturated heterocycles. The second-order valence-corrected chi connectivity index (χ2v) is 13.6. The fourth-order valence-corrected chi connectivity index (χ4v) is 8.50. The van der Waals surface area contributed by atoms with Gasteiger partial charge in [-0.25, -0.2) is 0 Å². The molecule has 1 aromatic heterocycles. The predicted octanol–water partition coefficient (Wildman–Crippen LogP) is 13.8. The van der Waals surface area contributed by atoms with Crippen molar-refractivity contribution in [3.05, 3.63) is 176 Å². The molecule has 1 aliphatic rings. The third-order valence-corrected chi connectivity index (χ3v) is 10.8. The molecular weight excluding hydrogens is 615 g/mol. The predicted molar refractivity (Wildman–Crippen MR) is 208 cm³/mol. The zero-order valence-electron chi connectivity index (χ0n) is 26.5. The van der Waals surface area contributed by atoms with Gasteiger partial charge in [0, 0.05) is 47.9 Å². The van der Waals surface area contributed by atoms with Gasteiger partial charge in [0.05, 0.1) is 5.69 Å². The fourth-order valence-electron chi connectivity index (χ4n) is 7.36. The van der Waals surface area contributed by atoms with Gasteiger partial charge in [0.25, 0.3) is 0 Å². The zero-order chi connectivity index (χ0) is 32.3. The van der Waals surface area contributed by atoms with Crippen LogP contribution in [0.4, 0.5) is 17.1 Å². The highest BCUT2D eigenvalue weighted by Gasteiger charge is 2.25. The topological polar surface area (TPSA) is 12.5 Å². The Morgan fingerprint density at radius 3 is 1.90 bits per heavy atom. The van der Waals surface area contributed by atoms with E-state index < -0.39 is 0 Å². The molecule has 0 unspecified atom stereocenters. The van der Waals surface area contributed by atoms with Crippen LogP contribution in [0.25, 0.3) is 64.3 Å². The molecular formula is C46H29NOS. The Kier molecular flexibility index (Phi) is 6.39. The Labute approximate surface area is 288 Å². The van der Waals surface area contributed by atoms with Crippen LogP contribution in [-0.2, 0) is 0 Å². The summed E-state index contributed by atoms with van der Waals surface area (Å²) in [5, 5.41) is 4.88. The maximum absolute atomic E-state index is 6.71. The van der Waals surface area contributed by atoms with Crippen molar-refractivity contribution >= 4 is 59.3 Å². The van der Waals surface area contributed by atoms with Gasteiger partial charge in [-0.1, -0.05) is 121 Å². The van der Waals surface area contributed by atoms with Gasteiger partial charge in [-0.15, -0.1) is 11.3 Å². The summed E-state index contributed by atoms with van der Waals surface area (Å²) < 4.78 is 9.29. The van der Waals surface area contributed by atoms with Crippen LogP contribution in [0.2, 0.25) is 0 Å². The highest BCUT2D eigenvalue weighted by Crippen LogP contribution is 2.51. The largest absolute Gasteiger partial charge is 0.456 e. The van der Waals surface area contributed by atoms with Crippen LogP contribution in [0.1, 0.15) is 0 Å². The summed E-state index contributed by atoms with van der Waals surface area (Å²) >= 11 is 1.85. The van der Waals surface area contributed by atoms with Crippen LogP contribution in [-0.4, -0.2) is 0 Å². The molecule has 0 fully saturated rings. The van der Waals surface area contributed by atoms with E-state index in [1.807, 2.05) is 11.3 Å². The molecule has 0 spiro atoms. The molecule has 230 valence electrons. The number of fused-ring (bicyclic) bond motifs is 5. The van der Waals surface area contributed by atoms with Crippen LogP contribution < -0.4 is 9.64 Å². The summed E-state index contributed by atoms with van der Waals surface area (Å²) in [6, 6.07) is 63.1. The molecule has 10 rings (SSSR count). The monoisotopic (exact) mass is 643 g/mol.